The van der Waals surface area contributed by atoms with Crippen LogP contribution in [0.5, 0.6) is 0 Å². The van der Waals surface area contributed by atoms with Crippen molar-refractivity contribution < 1.29 is 4.74 Å². The van der Waals surface area contributed by atoms with Gasteiger partial charge in [0.05, 0.1) is 6.10 Å². The first-order valence-corrected chi connectivity index (χ1v) is 7.91. The first-order chi connectivity index (χ1) is 9.75. The minimum absolute atomic E-state index is 0.423. The van der Waals surface area contributed by atoms with Crippen molar-refractivity contribution in [3.05, 3.63) is 35.9 Å². The van der Waals surface area contributed by atoms with E-state index in [1.54, 1.807) is 0 Å². The number of hydrogen-bond acceptors (Lipinski definition) is 3. The lowest BCUT2D eigenvalue weighted by Crippen LogP contribution is -2.57. The maximum atomic E-state index is 5.90. The van der Waals surface area contributed by atoms with Gasteiger partial charge in [-0.1, -0.05) is 30.3 Å². The van der Waals surface area contributed by atoms with Crippen LogP contribution in [0, 0.1) is 0 Å². The van der Waals surface area contributed by atoms with Crippen LogP contribution in [0.15, 0.2) is 30.3 Å². The molecule has 0 amide bonds. The molecule has 3 nitrogen and oxygen atoms in total. The van der Waals surface area contributed by atoms with Gasteiger partial charge in [-0.05, 0) is 32.3 Å². The molecule has 1 aromatic carbocycles. The number of nitrogens with zero attached hydrogens (tertiary/aromatic N) is 1. The largest absolute Gasteiger partial charge is 0.377 e. The van der Waals surface area contributed by atoms with E-state index in [1.165, 1.54) is 18.4 Å². The molecule has 4 atom stereocenters. The van der Waals surface area contributed by atoms with E-state index in [0.717, 1.165) is 19.7 Å². The Kier molecular flexibility index (Phi) is 4.39. The number of piperazine rings is 1. The second kappa shape index (κ2) is 6.25. The zero-order valence-electron chi connectivity index (χ0n) is 12.6. The lowest BCUT2D eigenvalue weighted by Gasteiger charge is -2.44. The van der Waals surface area contributed by atoms with Crippen LogP contribution in [-0.2, 0) is 4.74 Å². The third kappa shape index (κ3) is 2.90. The molecule has 1 N–H and O–H groups in total. The molecule has 3 rings (SSSR count). The molecule has 20 heavy (non-hydrogen) atoms. The van der Waals surface area contributed by atoms with Crippen molar-refractivity contribution in [1.82, 2.24) is 10.2 Å². The Bertz CT molecular complexity index is 416. The van der Waals surface area contributed by atoms with Gasteiger partial charge >= 0.3 is 0 Å². The number of nitrogens with one attached hydrogen (secondary N) is 1. The molecular weight excluding hydrogens is 248 g/mol. The zero-order valence-corrected chi connectivity index (χ0v) is 12.6. The average Bonchev–Trinajstić information content (AvgIpc) is 3.02. The van der Waals surface area contributed by atoms with Crippen LogP contribution < -0.4 is 5.32 Å². The summed E-state index contributed by atoms with van der Waals surface area (Å²) in [6, 6.07) is 12.3. The highest BCUT2D eigenvalue weighted by molar-refractivity contribution is 5.20. The number of hydrogen-bond donors (Lipinski definition) is 1. The molecule has 1 aromatic rings. The minimum Gasteiger partial charge on any atom is -0.377 e. The second-order valence-corrected chi connectivity index (χ2v) is 6.21. The molecule has 0 saturated carbocycles. The minimum atomic E-state index is 0.423. The molecule has 0 radical (unpaired) electrons. The summed E-state index contributed by atoms with van der Waals surface area (Å²) < 4.78 is 5.90. The van der Waals surface area contributed by atoms with Crippen LogP contribution >= 0.6 is 0 Å². The molecule has 2 aliphatic rings. The molecule has 3 heteroatoms. The number of ether oxygens (including phenoxy) is 1. The third-order valence-electron chi connectivity index (χ3n) is 4.85. The average molecular weight is 274 g/mol. The predicted molar refractivity (Wildman–Crippen MR) is 81.8 cm³/mol. The second-order valence-electron chi connectivity index (χ2n) is 6.21. The van der Waals surface area contributed by atoms with Crippen LogP contribution in [0.1, 0.15) is 38.3 Å². The lowest BCUT2D eigenvalue weighted by atomic mass is 9.98. The predicted octanol–water partition coefficient (Wildman–Crippen LogP) is 2.59. The summed E-state index contributed by atoms with van der Waals surface area (Å²) >= 11 is 0. The Morgan fingerprint density at radius 2 is 2.10 bits per heavy atom. The van der Waals surface area contributed by atoms with Gasteiger partial charge in [0.2, 0.25) is 0 Å². The van der Waals surface area contributed by atoms with Crippen LogP contribution in [0.3, 0.4) is 0 Å². The van der Waals surface area contributed by atoms with Crippen LogP contribution in [0.4, 0.5) is 0 Å². The summed E-state index contributed by atoms with van der Waals surface area (Å²) in [5.74, 6) is 0. The van der Waals surface area contributed by atoms with Gasteiger partial charge < -0.3 is 10.1 Å². The van der Waals surface area contributed by atoms with Crippen molar-refractivity contribution in [3.63, 3.8) is 0 Å². The van der Waals surface area contributed by atoms with E-state index in [0.29, 0.717) is 24.2 Å². The standard InChI is InChI=1S/C17H26N2O/c1-13-11-18-16(15-7-4-3-5-8-15)12-19(13)14(2)17-9-6-10-20-17/h3-5,7-8,13-14,16-18H,6,9-12H2,1-2H3. The van der Waals surface area contributed by atoms with Crippen molar-refractivity contribution >= 4 is 0 Å². The number of benzene rings is 1. The fourth-order valence-corrected chi connectivity index (χ4v) is 3.56. The van der Waals surface area contributed by atoms with E-state index in [9.17, 15) is 0 Å². The Balaban J connectivity index is 1.70. The van der Waals surface area contributed by atoms with Crippen molar-refractivity contribution in [2.24, 2.45) is 0 Å². The summed E-state index contributed by atoms with van der Waals surface area (Å²) in [6.07, 6.45) is 2.86. The van der Waals surface area contributed by atoms with Gasteiger partial charge in [0.25, 0.3) is 0 Å². The van der Waals surface area contributed by atoms with Gasteiger partial charge in [0.1, 0.15) is 0 Å². The molecule has 2 aliphatic heterocycles. The van der Waals surface area contributed by atoms with E-state index in [-0.39, 0.29) is 0 Å². The maximum Gasteiger partial charge on any atom is 0.0728 e. The summed E-state index contributed by atoms with van der Waals surface area (Å²) in [7, 11) is 0. The summed E-state index contributed by atoms with van der Waals surface area (Å²) in [6.45, 7) is 7.72. The lowest BCUT2D eigenvalue weighted by molar-refractivity contribution is -0.000489. The zero-order chi connectivity index (χ0) is 13.9. The fourth-order valence-electron chi connectivity index (χ4n) is 3.56. The molecule has 0 aromatic heterocycles. The Morgan fingerprint density at radius 3 is 2.80 bits per heavy atom. The van der Waals surface area contributed by atoms with Crippen molar-refractivity contribution in [1.29, 1.82) is 0 Å². The van der Waals surface area contributed by atoms with Gasteiger partial charge in [-0.25, -0.2) is 0 Å². The van der Waals surface area contributed by atoms with Gasteiger partial charge in [-0.15, -0.1) is 0 Å². The molecule has 0 bridgehead atoms. The van der Waals surface area contributed by atoms with Crippen molar-refractivity contribution in [3.8, 4) is 0 Å². The highest BCUT2D eigenvalue weighted by Crippen LogP contribution is 2.26. The topological polar surface area (TPSA) is 24.5 Å². The summed E-state index contributed by atoms with van der Waals surface area (Å²) in [4.78, 5) is 2.63. The van der Waals surface area contributed by atoms with Crippen LogP contribution in [-0.4, -0.2) is 42.8 Å². The normalized spacial score (nSPS) is 33.2. The molecule has 2 heterocycles. The fraction of sp³-hybridized carbons (Fsp3) is 0.647. The van der Waals surface area contributed by atoms with Crippen LogP contribution in [0.25, 0.3) is 0 Å². The van der Waals surface area contributed by atoms with Gasteiger partial charge in [0, 0.05) is 37.8 Å². The third-order valence-corrected chi connectivity index (χ3v) is 4.85. The molecule has 2 fully saturated rings. The molecule has 0 spiro atoms. The monoisotopic (exact) mass is 274 g/mol. The van der Waals surface area contributed by atoms with E-state index < -0.39 is 0 Å². The van der Waals surface area contributed by atoms with Gasteiger partial charge in [0.15, 0.2) is 0 Å². The summed E-state index contributed by atoms with van der Waals surface area (Å²) in [5, 5.41) is 3.68. The quantitative estimate of drug-likeness (QED) is 0.917. The Hall–Kier alpha value is -0.900. The van der Waals surface area contributed by atoms with Crippen molar-refractivity contribution in [2.45, 2.75) is 50.9 Å². The Labute approximate surface area is 122 Å². The van der Waals surface area contributed by atoms with Crippen molar-refractivity contribution in [2.75, 3.05) is 19.7 Å². The maximum absolute atomic E-state index is 5.90. The smallest absolute Gasteiger partial charge is 0.0728 e. The summed E-state index contributed by atoms with van der Waals surface area (Å²) in [5.41, 5.74) is 1.39. The molecular formula is C17H26N2O. The highest BCUT2D eigenvalue weighted by atomic mass is 16.5. The van der Waals surface area contributed by atoms with Gasteiger partial charge in [-0.2, -0.15) is 0 Å². The van der Waals surface area contributed by atoms with E-state index >= 15 is 0 Å². The molecule has 110 valence electrons. The molecule has 4 unspecified atom stereocenters. The highest BCUT2D eigenvalue weighted by Gasteiger charge is 2.34. The SMILES string of the molecule is CC1CNC(c2ccccc2)CN1C(C)C1CCCO1. The van der Waals surface area contributed by atoms with E-state index in [2.05, 4.69) is 54.4 Å². The van der Waals surface area contributed by atoms with Crippen LogP contribution in [0.2, 0.25) is 0 Å². The van der Waals surface area contributed by atoms with Gasteiger partial charge in [-0.3, -0.25) is 4.90 Å². The first kappa shape index (κ1) is 14.1. The molecule has 2 saturated heterocycles. The molecule has 0 aliphatic carbocycles. The van der Waals surface area contributed by atoms with E-state index in [4.69, 9.17) is 4.74 Å². The Morgan fingerprint density at radius 1 is 1.30 bits per heavy atom. The first-order valence-electron chi connectivity index (χ1n) is 7.91. The van der Waals surface area contributed by atoms with E-state index in [1.807, 2.05) is 0 Å². The number of rotatable bonds is 3.